The van der Waals surface area contributed by atoms with Gasteiger partial charge in [0, 0.05) is 23.2 Å². The van der Waals surface area contributed by atoms with Crippen LogP contribution in [0.1, 0.15) is 23.6 Å². The summed E-state index contributed by atoms with van der Waals surface area (Å²) in [5.74, 6) is 0.264. The zero-order valence-corrected chi connectivity index (χ0v) is 15.1. The van der Waals surface area contributed by atoms with E-state index in [0.29, 0.717) is 6.54 Å². The molecule has 1 aromatic carbocycles. The minimum atomic E-state index is -0.294. The molecule has 3 atom stereocenters. The van der Waals surface area contributed by atoms with Crippen LogP contribution < -0.4 is 5.32 Å². The number of carbonyl (C=O) groups is 1. The molecule has 0 fully saturated rings. The second-order valence-corrected chi connectivity index (χ2v) is 7.21. The number of amides is 1. The van der Waals surface area contributed by atoms with Gasteiger partial charge in [-0.25, -0.2) is 4.79 Å². The standard InChI is InChI=1S/C20H21ClN2O2/c1-12-3-5-13(6-4-12)19-18-15(9-10-23(19)20(24)25-2)16-11-14(21)7-8-17(16)22-18/h3-8,11,16-17,19,22H,9-10H2,1-2H3. The van der Waals surface area contributed by atoms with Crippen molar-refractivity contribution >= 4 is 17.7 Å². The Kier molecular flexibility index (Phi) is 4.08. The van der Waals surface area contributed by atoms with E-state index in [-0.39, 0.29) is 24.1 Å². The first-order valence-corrected chi connectivity index (χ1v) is 8.92. The lowest BCUT2D eigenvalue weighted by atomic mass is 9.85. The highest BCUT2D eigenvalue weighted by molar-refractivity contribution is 6.31. The minimum Gasteiger partial charge on any atom is -0.453 e. The molecule has 1 aliphatic carbocycles. The van der Waals surface area contributed by atoms with E-state index in [1.54, 1.807) is 0 Å². The number of carbonyl (C=O) groups excluding carboxylic acids is 1. The highest BCUT2D eigenvalue weighted by atomic mass is 35.5. The van der Waals surface area contributed by atoms with Gasteiger partial charge in [0.2, 0.25) is 0 Å². The van der Waals surface area contributed by atoms with Gasteiger partial charge >= 0.3 is 6.09 Å². The lowest BCUT2D eigenvalue weighted by Gasteiger charge is -2.36. The van der Waals surface area contributed by atoms with Crippen LogP contribution in [-0.2, 0) is 4.74 Å². The van der Waals surface area contributed by atoms with E-state index in [9.17, 15) is 4.79 Å². The first kappa shape index (κ1) is 16.3. The number of nitrogens with one attached hydrogen (secondary N) is 1. The summed E-state index contributed by atoms with van der Waals surface area (Å²) >= 11 is 6.23. The van der Waals surface area contributed by atoms with Crippen molar-refractivity contribution < 1.29 is 9.53 Å². The maximum atomic E-state index is 12.4. The molecule has 0 radical (unpaired) electrons. The Morgan fingerprint density at radius 1 is 1.32 bits per heavy atom. The van der Waals surface area contributed by atoms with Crippen LogP contribution in [0.3, 0.4) is 0 Å². The van der Waals surface area contributed by atoms with Crippen LogP contribution in [0, 0.1) is 12.8 Å². The van der Waals surface area contributed by atoms with Gasteiger partial charge in [0.1, 0.15) is 6.04 Å². The number of allylic oxidation sites excluding steroid dienone is 2. The third kappa shape index (κ3) is 2.74. The fraction of sp³-hybridized carbons (Fsp3) is 0.350. The number of aryl methyl sites for hydroxylation is 1. The van der Waals surface area contributed by atoms with Crippen LogP contribution in [0.5, 0.6) is 0 Å². The molecule has 3 aliphatic rings. The van der Waals surface area contributed by atoms with Gasteiger partial charge in [-0.2, -0.15) is 0 Å². The Labute approximate surface area is 152 Å². The van der Waals surface area contributed by atoms with E-state index >= 15 is 0 Å². The van der Waals surface area contributed by atoms with Crippen molar-refractivity contribution in [1.29, 1.82) is 0 Å². The fourth-order valence-corrected chi connectivity index (χ4v) is 4.25. The number of methoxy groups -OCH3 is 1. The molecule has 4 rings (SSSR count). The van der Waals surface area contributed by atoms with Crippen LogP contribution in [-0.4, -0.2) is 30.7 Å². The van der Waals surface area contributed by atoms with E-state index < -0.39 is 0 Å². The summed E-state index contributed by atoms with van der Waals surface area (Å²) in [6, 6.07) is 8.40. The molecule has 0 aromatic heterocycles. The Bertz CT molecular complexity index is 794. The van der Waals surface area contributed by atoms with Gasteiger partial charge in [0.05, 0.1) is 13.2 Å². The average molecular weight is 357 g/mol. The maximum Gasteiger partial charge on any atom is 0.410 e. The summed E-state index contributed by atoms with van der Waals surface area (Å²) in [4.78, 5) is 14.2. The summed E-state index contributed by atoms with van der Waals surface area (Å²) in [5.41, 5.74) is 4.75. The SMILES string of the molecule is COC(=O)N1CCC2=C(NC3C=CC(Cl)=CC23)C1c1ccc(C)cc1. The van der Waals surface area contributed by atoms with Crippen LogP contribution in [0.15, 0.2) is 58.8 Å². The van der Waals surface area contributed by atoms with Crippen LogP contribution >= 0.6 is 11.6 Å². The number of benzene rings is 1. The predicted molar refractivity (Wildman–Crippen MR) is 98.2 cm³/mol. The molecule has 0 saturated heterocycles. The zero-order valence-electron chi connectivity index (χ0n) is 14.3. The van der Waals surface area contributed by atoms with Gasteiger partial charge in [-0.05, 0) is 30.6 Å². The largest absolute Gasteiger partial charge is 0.453 e. The van der Waals surface area contributed by atoms with Crippen molar-refractivity contribution in [3.05, 3.63) is 69.9 Å². The number of rotatable bonds is 1. The zero-order chi connectivity index (χ0) is 17.6. The minimum absolute atomic E-state index is 0.150. The molecule has 0 saturated carbocycles. The quantitative estimate of drug-likeness (QED) is 0.825. The first-order chi connectivity index (χ1) is 12.1. The second-order valence-electron chi connectivity index (χ2n) is 6.77. The summed E-state index contributed by atoms with van der Waals surface area (Å²) in [7, 11) is 1.44. The molecule has 1 aromatic rings. The van der Waals surface area contributed by atoms with Gasteiger partial charge in [0.15, 0.2) is 0 Å². The molecule has 2 heterocycles. The Balaban J connectivity index is 1.78. The highest BCUT2D eigenvalue weighted by Gasteiger charge is 2.43. The summed E-state index contributed by atoms with van der Waals surface area (Å²) in [5, 5.41) is 4.40. The van der Waals surface area contributed by atoms with E-state index in [1.807, 2.05) is 11.0 Å². The molecular formula is C20H21ClN2O2. The average Bonchev–Trinajstić information content (AvgIpc) is 2.99. The van der Waals surface area contributed by atoms with Crippen molar-refractivity contribution in [1.82, 2.24) is 10.2 Å². The molecular weight excluding hydrogens is 336 g/mol. The molecule has 5 heteroatoms. The fourth-order valence-electron chi connectivity index (χ4n) is 4.04. The number of nitrogens with zero attached hydrogens (tertiary/aromatic N) is 1. The number of halogens is 1. The Morgan fingerprint density at radius 2 is 2.08 bits per heavy atom. The number of ether oxygens (including phenoxy) is 1. The van der Waals surface area contributed by atoms with E-state index in [1.165, 1.54) is 18.2 Å². The number of hydrogen-bond acceptors (Lipinski definition) is 3. The predicted octanol–water partition coefficient (Wildman–Crippen LogP) is 4.04. The Hall–Kier alpha value is -2.20. The lowest BCUT2D eigenvalue weighted by molar-refractivity contribution is 0.107. The smallest absolute Gasteiger partial charge is 0.410 e. The summed E-state index contributed by atoms with van der Waals surface area (Å²) < 4.78 is 5.04. The van der Waals surface area contributed by atoms with Crippen molar-refractivity contribution in [2.45, 2.75) is 25.4 Å². The Morgan fingerprint density at radius 3 is 2.80 bits per heavy atom. The number of hydrogen-bond donors (Lipinski definition) is 1. The van der Waals surface area contributed by atoms with E-state index in [4.69, 9.17) is 16.3 Å². The van der Waals surface area contributed by atoms with Crippen molar-refractivity contribution in [2.24, 2.45) is 5.92 Å². The normalized spacial score (nSPS) is 27.4. The van der Waals surface area contributed by atoms with Crippen molar-refractivity contribution in [2.75, 3.05) is 13.7 Å². The highest BCUT2D eigenvalue weighted by Crippen LogP contribution is 2.44. The summed E-state index contributed by atoms with van der Waals surface area (Å²) in [6.07, 6.45) is 6.70. The number of fused-ring (bicyclic) bond motifs is 2. The van der Waals surface area contributed by atoms with E-state index in [0.717, 1.165) is 22.7 Å². The van der Waals surface area contributed by atoms with Crippen LogP contribution in [0.2, 0.25) is 0 Å². The molecule has 3 unspecified atom stereocenters. The second kappa shape index (κ2) is 6.26. The van der Waals surface area contributed by atoms with Crippen molar-refractivity contribution in [3.8, 4) is 0 Å². The molecule has 25 heavy (non-hydrogen) atoms. The van der Waals surface area contributed by atoms with E-state index in [2.05, 4.69) is 48.7 Å². The monoisotopic (exact) mass is 356 g/mol. The summed E-state index contributed by atoms with van der Waals surface area (Å²) in [6.45, 7) is 2.71. The third-order valence-corrected chi connectivity index (χ3v) is 5.52. The molecule has 1 amide bonds. The van der Waals surface area contributed by atoms with Gasteiger partial charge in [-0.3, -0.25) is 4.90 Å². The molecule has 0 bridgehead atoms. The lowest BCUT2D eigenvalue weighted by Crippen LogP contribution is -2.41. The molecule has 130 valence electrons. The van der Waals surface area contributed by atoms with Crippen LogP contribution in [0.25, 0.3) is 0 Å². The third-order valence-electron chi connectivity index (χ3n) is 5.27. The maximum absolute atomic E-state index is 12.4. The van der Waals surface area contributed by atoms with Gasteiger partial charge in [-0.1, -0.05) is 53.6 Å². The van der Waals surface area contributed by atoms with Gasteiger partial charge in [-0.15, -0.1) is 0 Å². The molecule has 0 spiro atoms. The molecule has 2 aliphatic heterocycles. The topological polar surface area (TPSA) is 41.6 Å². The first-order valence-electron chi connectivity index (χ1n) is 8.54. The van der Waals surface area contributed by atoms with Gasteiger partial charge in [0.25, 0.3) is 0 Å². The van der Waals surface area contributed by atoms with Crippen LogP contribution in [0.4, 0.5) is 4.79 Å². The molecule has 1 N–H and O–H groups in total. The van der Waals surface area contributed by atoms with Gasteiger partial charge < -0.3 is 10.1 Å². The molecule has 4 nitrogen and oxygen atoms in total. The van der Waals surface area contributed by atoms with Crippen molar-refractivity contribution in [3.63, 3.8) is 0 Å².